The van der Waals surface area contributed by atoms with Crippen molar-refractivity contribution in [2.45, 2.75) is 13.5 Å². The maximum atomic E-state index is 4.15. The zero-order chi connectivity index (χ0) is 16.4. The van der Waals surface area contributed by atoms with E-state index in [1.807, 2.05) is 36.5 Å². The van der Waals surface area contributed by atoms with Gasteiger partial charge in [-0.15, -0.1) is 5.10 Å². The first-order valence-corrected chi connectivity index (χ1v) is 7.87. The molecule has 24 heavy (non-hydrogen) atoms. The number of aryl methyl sites for hydroxylation is 1. The summed E-state index contributed by atoms with van der Waals surface area (Å²) in [5.41, 5.74) is 6.41. The highest BCUT2D eigenvalue weighted by molar-refractivity contribution is 5.67. The average Bonchev–Trinajstić information content (AvgIpc) is 3.10. The largest absolute Gasteiger partial charge is 0.381 e. The van der Waals surface area contributed by atoms with Crippen molar-refractivity contribution in [3.05, 3.63) is 78.0 Å². The van der Waals surface area contributed by atoms with Crippen LogP contribution in [0.25, 0.3) is 16.8 Å². The van der Waals surface area contributed by atoms with Crippen LogP contribution in [0.5, 0.6) is 0 Å². The number of tetrazole rings is 1. The molecule has 0 aliphatic carbocycles. The third-order valence-electron chi connectivity index (χ3n) is 4.09. The quantitative estimate of drug-likeness (QED) is 0.624. The SMILES string of the molecule is Cc1ccccc1NCc1cc(-c2ccccc2)cn2nnnc12. The van der Waals surface area contributed by atoms with Crippen LogP contribution < -0.4 is 5.32 Å². The number of para-hydroxylation sites is 1. The summed E-state index contributed by atoms with van der Waals surface area (Å²) in [4.78, 5) is 0. The van der Waals surface area contributed by atoms with Gasteiger partial charge in [-0.05, 0) is 40.6 Å². The summed E-state index contributed by atoms with van der Waals surface area (Å²) >= 11 is 0. The lowest BCUT2D eigenvalue weighted by Crippen LogP contribution is -2.04. The van der Waals surface area contributed by atoms with Gasteiger partial charge in [-0.1, -0.05) is 48.5 Å². The monoisotopic (exact) mass is 315 g/mol. The van der Waals surface area contributed by atoms with Gasteiger partial charge in [-0.2, -0.15) is 4.52 Å². The van der Waals surface area contributed by atoms with Crippen LogP contribution in [-0.2, 0) is 6.54 Å². The molecule has 4 aromatic rings. The van der Waals surface area contributed by atoms with Gasteiger partial charge in [0.1, 0.15) is 0 Å². The molecule has 5 heteroatoms. The molecular weight excluding hydrogens is 298 g/mol. The van der Waals surface area contributed by atoms with E-state index >= 15 is 0 Å². The standard InChI is InChI=1S/C19H17N5/c1-14-7-5-6-10-18(14)20-12-16-11-17(15-8-3-2-4-9-15)13-24-19(16)21-22-23-24/h2-11,13,20H,12H2,1H3. The van der Waals surface area contributed by atoms with Gasteiger partial charge < -0.3 is 5.32 Å². The van der Waals surface area contributed by atoms with E-state index in [9.17, 15) is 0 Å². The molecule has 0 saturated heterocycles. The van der Waals surface area contributed by atoms with E-state index in [0.717, 1.165) is 28.0 Å². The van der Waals surface area contributed by atoms with Crippen LogP contribution in [0, 0.1) is 6.92 Å². The molecule has 0 spiro atoms. The number of hydrogen-bond acceptors (Lipinski definition) is 4. The van der Waals surface area contributed by atoms with Crippen molar-refractivity contribution in [1.82, 2.24) is 20.0 Å². The van der Waals surface area contributed by atoms with E-state index in [4.69, 9.17) is 0 Å². The number of rotatable bonds is 4. The van der Waals surface area contributed by atoms with Gasteiger partial charge in [0.2, 0.25) is 0 Å². The molecule has 0 atom stereocenters. The Hall–Kier alpha value is -3.21. The Labute approximate surface area is 140 Å². The number of anilines is 1. The van der Waals surface area contributed by atoms with Crippen LogP contribution in [0.3, 0.4) is 0 Å². The number of fused-ring (bicyclic) bond motifs is 1. The van der Waals surface area contributed by atoms with Crippen LogP contribution in [0.2, 0.25) is 0 Å². The molecule has 2 aromatic heterocycles. The van der Waals surface area contributed by atoms with Gasteiger partial charge in [0.15, 0.2) is 5.65 Å². The van der Waals surface area contributed by atoms with E-state index < -0.39 is 0 Å². The number of nitrogens with zero attached hydrogens (tertiary/aromatic N) is 4. The Balaban J connectivity index is 1.71. The average molecular weight is 315 g/mol. The van der Waals surface area contributed by atoms with Gasteiger partial charge in [-0.3, -0.25) is 0 Å². The van der Waals surface area contributed by atoms with Crippen LogP contribution in [-0.4, -0.2) is 20.0 Å². The molecule has 5 nitrogen and oxygen atoms in total. The van der Waals surface area contributed by atoms with E-state index in [0.29, 0.717) is 6.54 Å². The molecular formula is C19H17N5. The summed E-state index contributed by atoms with van der Waals surface area (Å²) in [5.74, 6) is 0. The first-order chi connectivity index (χ1) is 11.8. The first kappa shape index (κ1) is 14.4. The third kappa shape index (κ3) is 2.72. The molecule has 0 fully saturated rings. The second-order valence-electron chi connectivity index (χ2n) is 5.74. The van der Waals surface area contributed by atoms with Crippen LogP contribution >= 0.6 is 0 Å². The summed E-state index contributed by atoms with van der Waals surface area (Å²) in [5, 5.41) is 15.5. The Kier molecular flexibility index (Phi) is 3.67. The fraction of sp³-hybridized carbons (Fsp3) is 0.105. The lowest BCUT2D eigenvalue weighted by atomic mass is 10.1. The number of hydrogen-bond donors (Lipinski definition) is 1. The Morgan fingerprint density at radius 3 is 2.58 bits per heavy atom. The Morgan fingerprint density at radius 2 is 1.75 bits per heavy atom. The molecule has 0 bridgehead atoms. The molecule has 2 aromatic carbocycles. The van der Waals surface area contributed by atoms with Gasteiger partial charge in [0.25, 0.3) is 0 Å². The zero-order valence-corrected chi connectivity index (χ0v) is 13.3. The topological polar surface area (TPSA) is 55.1 Å². The van der Waals surface area contributed by atoms with Crippen molar-refractivity contribution in [3.63, 3.8) is 0 Å². The Morgan fingerprint density at radius 1 is 0.958 bits per heavy atom. The van der Waals surface area contributed by atoms with E-state index in [-0.39, 0.29) is 0 Å². The molecule has 2 heterocycles. The second kappa shape index (κ2) is 6.12. The van der Waals surface area contributed by atoms with Crippen molar-refractivity contribution < 1.29 is 0 Å². The maximum absolute atomic E-state index is 4.15. The predicted molar refractivity (Wildman–Crippen MR) is 94.7 cm³/mol. The highest BCUT2D eigenvalue weighted by Gasteiger charge is 2.09. The highest BCUT2D eigenvalue weighted by Crippen LogP contribution is 2.23. The molecule has 4 rings (SSSR count). The van der Waals surface area contributed by atoms with Gasteiger partial charge in [-0.25, -0.2) is 0 Å². The minimum Gasteiger partial charge on any atom is -0.381 e. The van der Waals surface area contributed by atoms with Crippen molar-refractivity contribution in [1.29, 1.82) is 0 Å². The smallest absolute Gasteiger partial charge is 0.184 e. The molecule has 1 N–H and O–H groups in total. The van der Waals surface area contributed by atoms with Crippen LogP contribution in [0.4, 0.5) is 5.69 Å². The number of nitrogens with one attached hydrogen (secondary N) is 1. The second-order valence-corrected chi connectivity index (χ2v) is 5.74. The minimum absolute atomic E-state index is 0.662. The summed E-state index contributed by atoms with van der Waals surface area (Å²) in [6.07, 6.45) is 1.96. The number of pyridine rings is 1. The van der Waals surface area contributed by atoms with Gasteiger partial charge >= 0.3 is 0 Å². The molecule has 0 aliphatic rings. The van der Waals surface area contributed by atoms with Crippen molar-refractivity contribution in [2.24, 2.45) is 0 Å². The molecule has 0 amide bonds. The normalized spacial score (nSPS) is 10.9. The molecule has 0 radical (unpaired) electrons. The zero-order valence-electron chi connectivity index (χ0n) is 13.3. The van der Waals surface area contributed by atoms with E-state index in [1.54, 1.807) is 4.52 Å². The summed E-state index contributed by atoms with van der Waals surface area (Å²) in [7, 11) is 0. The predicted octanol–water partition coefficient (Wildman–Crippen LogP) is 3.71. The van der Waals surface area contributed by atoms with Gasteiger partial charge in [0.05, 0.1) is 0 Å². The fourth-order valence-corrected chi connectivity index (χ4v) is 2.79. The molecule has 0 unspecified atom stereocenters. The van der Waals surface area contributed by atoms with E-state index in [1.165, 1.54) is 5.56 Å². The lowest BCUT2D eigenvalue weighted by molar-refractivity contribution is 0.823. The summed E-state index contributed by atoms with van der Waals surface area (Å²) in [6.45, 7) is 2.76. The number of benzene rings is 2. The van der Waals surface area contributed by atoms with E-state index in [2.05, 4.69) is 58.1 Å². The fourth-order valence-electron chi connectivity index (χ4n) is 2.79. The summed E-state index contributed by atoms with van der Waals surface area (Å²) in [6, 6.07) is 20.6. The van der Waals surface area contributed by atoms with Crippen LogP contribution in [0.1, 0.15) is 11.1 Å². The van der Waals surface area contributed by atoms with Crippen molar-refractivity contribution in [2.75, 3.05) is 5.32 Å². The van der Waals surface area contributed by atoms with Crippen molar-refractivity contribution >= 4 is 11.3 Å². The Bertz CT molecular complexity index is 975. The number of aromatic nitrogens is 4. The molecule has 118 valence electrons. The summed E-state index contributed by atoms with van der Waals surface area (Å²) < 4.78 is 1.73. The minimum atomic E-state index is 0.662. The lowest BCUT2D eigenvalue weighted by Gasteiger charge is -2.11. The molecule has 0 aliphatic heterocycles. The first-order valence-electron chi connectivity index (χ1n) is 7.87. The van der Waals surface area contributed by atoms with Crippen LogP contribution in [0.15, 0.2) is 66.9 Å². The highest BCUT2D eigenvalue weighted by atomic mass is 15.5. The van der Waals surface area contributed by atoms with Gasteiger partial charge in [0, 0.05) is 29.6 Å². The third-order valence-corrected chi connectivity index (χ3v) is 4.09. The van der Waals surface area contributed by atoms with Crippen molar-refractivity contribution in [3.8, 4) is 11.1 Å². The molecule has 0 saturated carbocycles. The maximum Gasteiger partial charge on any atom is 0.184 e.